The normalized spacial score (nSPS) is 17.7. The first-order valence-corrected chi connectivity index (χ1v) is 4.14. The number of nitriles is 1. The molecule has 76 valence electrons. The molecular formula is C8H15NO4. The lowest BCUT2D eigenvalue weighted by molar-refractivity contribution is -0.0168. The number of aliphatic hydroxyl groups excluding tert-OH is 3. The number of ether oxygens (including phenoxy) is 1. The molecule has 13 heavy (non-hydrogen) atoms. The lowest BCUT2D eigenvalue weighted by Gasteiger charge is -2.12. The quantitative estimate of drug-likeness (QED) is 0.494. The van der Waals surface area contributed by atoms with Gasteiger partial charge in [-0.05, 0) is 6.42 Å². The van der Waals surface area contributed by atoms with Gasteiger partial charge in [0.2, 0.25) is 0 Å². The molecule has 0 spiro atoms. The van der Waals surface area contributed by atoms with Crippen molar-refractivity contribution in [2.24, 2.45) is 0 Å². The van der Waals surface area contributed by atoms with Crippen molar-refractivity contribution in [1.29, 1.82) is 5.26 Å². The van der Waals surface area contributed by atoms with E-state index in [0.29, 0.717) is 0 Å². The van der Waals surface area contributed by atoms with Gasteiger partial charge in [0, 0.05) is 6.42 Å². The SMILES string of the molecule is C1CO1.N#CCCC(O)C(O)CO. The van der Waals surface area contributed by atoms with Crippen molar-refractivity contribution >= 4 is 0 Å². The predicted octanol–water partition coefficient (Wildman–Crippen LogP) is -0.979. The molecule has 1 aliphatic heterocycles. The van der Waals surface area contributed by atoms with E-state index in [0.717, 1.165) is 13.2 Å². The van der Waals surface area contributed by atoms with Gasteiger partial charge in [0.1, 0.15) is 6.10 Å². The van der Waals surface area contributed by atoms with Crippen LogP contribution in [-0.2, 0) is 4.74 Å². The fourth-order valence-corrected chi connectivity index (χ4v) is 0.526. The van der Waals surface area contributed by atoms with E-state index in [1.54, 1.807) is 0 Å². The van der Waals surface area contributed by atoms with E-state index in [1.165, 1.54) is 0 Å². The Morgan fingerprint density at radius 3 is 2.15 bits per heavy atom. The van der Waals surface area contributed by atoms with Crippen LogP contribution in [0.5, 0.6) is 0 Å². The maximum Gasteiger partial charge on any atom is 0.103 e. The van der Waals surface area contributed by atoms with Crippen molar-refractivity contribution in [1.82, 2.24) is 0 Å². The summed E-state index contributed by atoms with van der Waals surface area (Å²) in [5.41, 5.74) is 0. The molecule has 1 aliphatic rings. The smallest absolute Gasteiger partial charge is 0.103 e. The van der Waals surface area contributed by atoms with Crippen molar-refractivity contribution in [3.8, 4) is 6.07 Å². The zero-order chi connectivity index (χ0) is 10.1. The number of hydrogen-bond acceptors (Lipinski definition) is 5. The molecule has 1 saturated heterocycles. The zero-order valence-corrected chi connectivity index (χ0v) is 7.39. The van der Waals surface area contributed by atoms with Crippen LogP contribution in [-0.4, -0.2) is 47.3 Å². The third-order valence-electron chi connectivity index (χ3n) is 1.39. The second-order valence-electron chi connectivity index (χ2n) is 2.63. The van der Waals surface area contributed by atoms with E-state index < -0.39 is 18.8 Å². The van der Waals surface area contributed by atoms with Gasteiger partial charge >= 0.3 is 0 Å². The summed E-state index contributed by atoms with van der Waals surface area (Å²) in [5, 5.41) is 34.0. The molecule has 1 heterocycles. The maximum absolute atomic E-state index is 8.89. The summed E-state index contributed by atoms with van der Waals surface area (Å²) in [5.74, 6) is 0. The van der Waals surface area contributed by atoms with E-state index >= 15 is 0 Å². The first-order valence-electron chi connectivity index (χ1n) is 4.14. The third kappa shape index (κ3) is 9.24. The minimum Gasteiger partial charge on any atom is -0.394 e. The van der Waals surface area contributed by atoms with Crippen LogP contribution in [0.3, 0.4) is 0 Å². The standard InChI is InChI=1S/C6H11NO3.C2H4O/c7-3-1-2-5(9)6(10)4-8;1-2-3-1/h5-6,8-10H,1-2,4H2;1-2H2. The minimum absolute atomic E-state index is 0.193. The molecule has 2 atom stereocenters. The van der Waals surface area contributed by atoms with Gasteiger partial charge in [0.15, 0.2) is 0 Å². The number of aliphatic hydroxyl groups is 3. The molecule has 5 nitrogen and oxygen atoms in total. The van der Waals surface area contributed by atoms with Crippen LogP contribution in [0.4, 0.5) is 0 Å². The molecule has 0 aromatic heterocycles. The van der Waals surface area contributed by atoms with Crippen LogP contribution in [0, 0.1) is 11.3 Å². The van der Waals surface area contributed by atoms with Crippen LogP contribution in [0.2, 0.25) is 0 Å². The molecule has 0 saturated carbocycles. The van der Waals surface area contributed by atoms with Gasteiger partial charge in [-0.2, -0.15) is 5.26 Å². The molecule has 1 rings (SSSR count). The van der Waals surface area contributed by atoms with Gasteiger partial charge in [-0.1, -0.05) is 0 Å². The molecule has 0 amide bonds. The number of hydrogen-bond donors (Lipinski definition) is 3. The van der Waals surface area contributed by atoms with E-state index in [1.807, 2.05) is 6.07 Å². The van der Waals surface area contributed by atoms with Crippen LogP contribution >= 0.6 is 0 Å². The maximum atomic E-state index is 8.89. The summed E-state index contributed by atoms with van der Waals surface area (Å²) in [6.45, 7) is 1.53. The zero-order valence-electron chi connectivity index (χ0n) is 7.39. The number of nitrogens with zero attached hydrogens (tertiary/aromatic N) is 1. The van der Waals surface area contributed by atoms with Crippen molar-refractivity contribution in [2.75, 3.05) is 19.8 Å². The summed E-state index contributed by atoms with van der Waals surface area (Å²) in [4.78, 5) is 0. The van der Waals surface area contributed by atoms with Gasteiger partial charge in [-0.3, -0.25) is 0 Å². The average Bonchev–Trinajstić information content (AvgIpc) is 2.99. The first-order chi connectivity index (χ1) is 6.22. The highest BCUT2D eigenvalue weighted by atomic mass is 16.6. The Morgan fingerprint density at radius 1 is 1.31 bits per heavy atom. The minimum atomic E-state index is -1.12. The molecule has 2 unspecified atom stereocenters. The largest absolute Gasteiger partial charge is 0.394 e. The Balaban J connectivity index is 0.000000396. The van der Waals surface area contributed by atoms with Crippen molar-refractivity contribution in [2.45, 2.75) is 25.0 Å². The summed E-state index contributed by atoms with van der Waals surface area (Å²) in [7, 11) is 0. The summed E-state index contributed by atoms with van der Waals surface area (Å²) in [6.07, 6.45) is -1.70. The molecule has 0 bridgehead atoms. The predicted molar refractivity (Wildman–Crippen MR) is 44.8 cm³/mol. The highest BCUT2D eigenvalue weighted by molar-refractivity contribution is 4.74. The second kappa shape index (κ2) is 7.95. The summed E-state index contributed by atoms with van der Waals surface area (Å²) >= 11 is 0. The van der Waals surface area contributed by atoms with Crippen LogP contribution < -0.4 is 0 Å². The number of rotatable bonds is 4. The Bertz CT molecular complexity index is 152. The molecule has 1 fully saturated rings. The van der Waals surface area contributed by atoms with Gasteiger partial charge < -0.3 is 20.1 Å². The van der Waals surface area contributed by atoms with Crippen LogP contribution in [0.15, 0.2) is 0 Å². The molecule has 0 aromatic rings. The molecule has 0 radical (unpaired) electrons. The topological polar surface area (TPSA) is 97.0 Å². The van der Waals surface area contributed by atoms with E-state index in [9.17, 15) is 0 Å². The molecule has 0 aromatic carbocycles. The van der Waals surface area contributed by atoms with Gasteiger partial charge in [-0.25, -0.2) is 0 Å². The Hall–Kier alpha value is -0.670. The average molecular weight is 189 g/mol. The van der Waals surface area contributed by atoms with Gasteiger partial charge in [0.05, 0.1) is 32.0 Å². The molecular weight excluding hydrogens is 174 g/mol. The van der Waals surface area contributed by atoms with Crippen LogP contribution in [0.25, 0.3) is 0 Å². The summed E-state index contributed by atoms with van der Waals surface area (Å²) < 4.78 is 4.50. The van der Waals surface area contributed by atoms with E-state index in [2.05, 4.69) is 4.74 Å². The first kappa shape index (κ1) is 12.3. The van der Waals surface area contributed by atoms with Gasteiger partial charge in [-0.15, -0.1) is 0 Å². The Morgan fingerprint density at radius 2 is 1.85 bits per heavy atom. The fraction of sp³-hybridized carbons (Fsp3) is 0.875. The van der Waals surface area contributed by atoms with Crippen molar-refractivity contribution in [3.63, 3.8) is 0 Å². The fourth-order valence-electron chi connectivity index (χ4n) is 0.526. The van der Waals surface area contributed by atoms with Crippen molar-refractivity contribution in [3.05, 3.63) is 0 Å². The third-order valence-corrected chi connectivity index (χ3v) is 1.39. The van der Waals surface area contributed by atoms with E-state index in [4.69, 9.17) is 20.6 Å². The Labute approximate surface area is 77.2 Å². The lowest BCUT2D eigenvalue weighted by atomic mass is 10.1. The number of epoxide rings is 1. The second-order valence-corrected chi connectivity index (χ2v) is 2.63. The highest BCUT2D eigenvalue weighted by Crippen LogP contribution is 2.00. The summed E-state index contributed by atoms with van der Waals surface area (Å²) in [6, 6.07) is 1.82. The van der Waals surface area contributed by atoms with Crippen molar-refractivity contribution < 1.29 is 20.1 Å². The van der Waals surface area contributed by atoms with Crippen LogP contribution in [0.1, 0.15) is 12.8 Å². The molecule has 5 heteroatoms. The lowest BCUT2D eigenvalue weighted by Crippen LogP contribution is -2.28. The van der Waals surface area contributed by atoms with Gasteiger partial charge in [0.25, 0.3) is 0 Å². The monoisotopic (exact) mass is 189 g/mol. The van der Waals surface area contributed by atoms with E-state index in [-0.39, 0.29) is 12.8 Å². The molecule has 3 N–H and O–H groups in total. The molecule has 0 aliphatic carbocycles. The Kier molecular flexibility index (Phi) is 7.54. The highest BCUT2D eigenvalue weighted by Gasteiger charge is 2.13.